The van der Waals surface area contributed by atoms with Crippen LogP contribution in [-0.2, 0) is 32.2 Å². The van der Waals surface area contributed by atoms with Crippen molar-refractivity contribution in [3.05, 3.63) is 124 Å². The number of ether oxygens (including phenoxy) is 2. The molecule has 10 nitrogen and oxygen atoms in total. The van der Waals surface area contributed by atoms with E-state index in [1.165, 1.54) is 0 Å². The molecule has 0 bridgehead atoms. The van der Waals surface area contributed by atoms with Crippen molar-refractivity contribution in [2.75, 3.05) is 16.8 Å². The number of amides is 2. The van der Waals surface area contributed by atoms with E-state index in [9.17, 15) is 14.7 Å². The molecule has 2 heterocycles. The van der Waals surface area contributed by atoms with Crippen LogP contribution in [-0.4, -0.2) is 39.0 Å². The highest BCUT2D eigenvalue weighted by Gasteiger charge is 2.32. The van der Waals surface area contributed by atoms with Crippen molar-refractivity contribution in [3.8, 4) is 11.1 Å². The number of carbonyl (C=O) groups is 2. The molecule has 2 amide bonds. The number of unbranched alkanes of at least 4 members (excludes halogenated alkanes) is 1. The van der Waals surface area contributed by atoms with Crippen molar-refractivity contribution in [1.29, 1.82) is 0 Å². The van der Waals surface area contributed by atoms with E-state index in [1.807, 2.05) is 73.7 Å². The van der Waals surface area contributed by atoms with Crippen molar-refractivity contribution in [2.45, 2.75) is 75.0 Å². The lowest BCUT2D eigenvalue weighted by molar-refractivity contribution is -0.245. The van der Waals surface area contributed by atoms with Gasteiger partial charge in [0.2, 0.25) is 11.8 Å². The second-order valence-electron chi connectivity index (χ2n) is 12.6. The summed E-state index contributed by atoms with van der Waals surface area (Å²) in [6.45, 7) is 2.34. The lowest BCUT2D eigenvalue weighted by Gasteiger charge is -2.36. The number of hydrogen-bond acceptors (Lipinski definition) is 10. The summed E-state index contributed by atoms with van der Waals surface area (Å²) in [6.07, 6.45) is 1.73. The van der Waals surface area contributed by atoms with Crippen LogP contribution in [0.25, 0.3) is 11.1 Å². The van der Waals surface area contributed by atoms with Gasteiger partial charge in [0.05, 0.1) is 30.2 Å². The van der Waals surface area contributed by atoms with Gasteiger partial charge in [-0.25, -0.2) is 0 Å². The largest absolute Gasteiger partial charge is 0.397 e. The molecule has 0 aliphatic carbocycles. The van der Waals surface area contributed by atoms with E-state index >= 15 is 0 Å². The lowest BCUT2D eigenvalue weighted by atomic mass is 9.97. The molecule has 270 valence electrons. The number of aryl methyl sites for hydroxylation is 1. The van der Waals surface area contributed by atoms with Crippen LogP contribution >= 0.6 is 23.1 Å². The van der Waals surface area contributed by atoms with Crippen LogP contribution in [0, 0.1) is 6.92 Å². The standard InChI is InChI=1S/C40H43N5O5S2/c1-26-44-45-40(52-26)51-25-32-22-36(29-16-14-27(24-46)15-17-29)50-39(49-32)30-20-18-28(19-21-30)33-9-3-2-8-31(33)23-42-37(47)12-6-7-13-38(48)43-35-11-5-4-10-34(35)41/h2-5,8-11,14-21,32,36,39,46H,6-7,12-13,22-25,41H2,1H3,(H,42,47)(H,43,48)/t32-,36+,39+/m1/s1. The van der Waals surface area contributed by atoms with E-state index in [1.54, 1.807) is 35.2 Å². The van der Waals surface area contributed by atoms with Gasteiger partial charge in [-0.2, -0.15) is 0 Å². The van der Waals surface area contributed by atoms with Gasteiger partial charge in [0.15, 0.2) is 10.6 Å². The molecule has 1 aliphatic rings. The quantitative estimate of drug-likeness (QED) is 0.0481. The number of aliphatic hydroxyl groups excluding tert-OH is 1. The van der Waals surface area contributed by atoms with Gasteiger partial charge in [-0.3, -0.25) is 9.59 Å². The molecule has 1 aliphatic heterocycles. The van der Waals surface area contributed by atoms with Crippen LogP contribution in [0.4, 0.5) is 11.4 Å². The van der Waals surface area contributed by atoms with E-state index in [2.05, 4.69) is 39.0 Å². The number of nitrogen functional groups attached to an aromatic ring is 1. The average Bonchev–Trinajstić information content (AvgIpc) is 3.60. The number of rotatable bonds is 15. The molecule has 0 unspecified atom stereocenters. The molecule has 52 heavy (non-hydrogen) atoms. The van der Waals surface area contributed by atoms with E-state index < -0.39 is 6.29 Å². The monoisotopic (exact) mass is 737 g/mol. The minimum absolute atomic E-state index is 0.00604. The number of nitrogens with two attached hydrogens (primary N) is 1. The summed E-state index contributed by atoms with van der Waals surface area (Å²) >= 11 is 3.22. The van der Waals surface area contributed by atoms with Gasteiger partial charge in [-0.1, -0.05) is 108 Å². The van der Waals surface area contributed by atoms with Crippen LogP contribution in [0.1, 0.15) is 71.8 Å². The first-order valence-electron chi connectivity index (χ1n) is 17.4. The molecule has 5 aromatic rings. The highest BCUT2D eigenvalue weighted by Crippen LogP contribution is 2.40. The fraction of sp³-hybridized carbons (Fsp3) is 0.300. The van der Waals surface area contributed by atoms with Crippen molar-refractivity contribution in [2.24, 2.45) is 0 Å². The second-order valence-corrected chi connectivity index (χ2v) is 15.1. The SMILES string of the molecule is Cc1nnc(SC[C@H]2C[C@@H](c3ccc(CO)cc3)O[C@@H](c3ccc(-c4ccccc4CNC(=O)CCCCC(=O)Nc4ccccc4N)cc3)O2)s1. The van der Waals surface area contributed by atoms with Crippen LogP contribution in [0.2, 0.25) is 0 Å². The molecular formula is C40H43N5O5S2. The van der Waals surface area contributed by atoms with Crippen LogP contribution in [0.3, 0.4) is 0 Å². The Morgan fingerprint density at radius 1 is 0.885 bits per heavy atom. The molecular weight excluding hydrogens is 695 g/mol. The molecule has 1 saturated heterocycles. The third kappa shape index (κ3) is 10.3. The zero-order valence-corrected chi connectivity index (χ0v) is 30.6. The fourth-order valence-corrected chi connectivity index (χ4v) is 7.84. The highest BCUT2D eigenvalue weighted by molar-refractivity contribution is 8.01. The minimum atomic E-state index is -0.566. The molecule has 1 fully saturated rings. The Morgan fingerprint density at radius 2 is 1.60 bits per heavy atom. The maximum atomic E-state index is 12.7. The first kappa shape index (κ1) is 37.2. The number of hydrogen-bond donors (Lipinski definition) is 4. The summed E-state index contributed by atoms with van der Waals surface area (Å²) in [5.41, 5.74) is 12.9. The van der Waals surface area contributed by atoms with Crippen molar-refractivity contribution < 1.29 is 24.2 Å². The first-order chi connectivity index (χ1) is 25.3. The third-order valence-electron chi connectivity index (χ3n) is 8.79. The van der Waals surface area contributed by atoms with Gasteiger partial charge in [0, 0.05) is 37.1 Å². The zero-order chi connectivity index (χ0) is 36.3. The minimum Gasteiger partial charge on any atom is -0.397 e. The Bertz CT molecular complexity index is 1940. The number of carbonyl (C=O) groups excluding carboxylic acids is 2. The normalized spacial score (nSPS) is 17.1. The maximum Gasteiger partial charge on any atom is 0.224 e. The number of nitrogens with zero attached hydrogens (tertiary/aromatic N) is 2. The first-order valence-corrected chi connectivity index (χ1v) is 19.2. The summed E-state index contributed by atoms with van der Waals surface area (Å²) in [4.78, 5) is 25.0. The van der Waals surface area contributed by atoms with Crippen molar-refractivity contribution in [1.82, 2.24) is 15.5 Å². The number of aliphatic hydroxyl groups is 1. The molecule has 3 atom stereocenters. The Balaban J connectivity index is 1.05. The Kier molecular flexibility index (Phi) is 13.0. The smallest absolute Gasteiger partial charge is 0.224 e. The van der Waals surface area contributed by atoms with Gasteiger partial charge in [-0.05, 0) is 59.7 Å². The molecule has 0 radical (unpaired) electrons. The molecule has 12 heteroatoms. The van der Waals surface area contributed by atoms with E-state index in [-0.39, 0.29) is 30.6 Å². The molecule has 0 saturated carbocycles. The van der Waals surface area contributed by atoms with Crippen LogP contribution in [0.15, 0.2) is 101 Å². The van der Waals surface area contributed by atoms with E-state index in [4.69, 9.17) is 15.2 Å². The predicted octanol–water partition coefficient (Wildman–Crippen LogP) is 7.74. The molecule has 5 N–H and O–H groups in total. The predicted molar refractivity (Wildman–Crippen MR) is 205 cm³/mol. The third-order valence-corrected chi connectivity index (χ3v) is 10.9. The summed E-state index contributed by atoms with van der Waals surface area (Å²) in [5.74, 6) is 0.543. The van der Waals surface area contributed by atoms with Gasteiger partial charge >= 0.3 is 0 Å². The van der Waals surface area contributed by atoms with Gasteiger partial charge in [0.25, 0.3) is 0 Å². The summed E-state index contributed by atoms with van der Waals surface area (Å²) in [7, 11) is 0. The van der Waals surface area contributed by atoms with Crippen molar-refractivity contribution in [3.63, 3.8) is 0 Å². The molecule has 6 rings (SSSR count). The van der Waals surface area contributed by atoms with E-state index in [0.29, 0.717) is 50.0 Å². The molecule has 4 aromatic carbocycles. The topological polar surface area (TPSA) is 149 Å². The Labute approximate surface area is 312 Å². The fourth-order valence-electron chi connectivity index (χ4n) is 5.98. The van der Waals surface area contributed by atoms with Gasteiger partial charge < -0.3 is 30.9 Å². The number of benzene rings is 4. The average molecular weight is 738 g/mol. The summed E-state index contributed by atoms with van der Waals surface area (Å²) in [5, 5.41) is 24.7. The zero-order valence-electron chi connectivity index (χ0n) is 29.0. The highest BCUT2D eigenvalue weighted by atomic mass is 32.2. The number of para-hydroxylation sites is 2. The second kappa shape index (κ2) is 18.3. The number of thioether (sulfide) groups is 1. The van der Waals surface area contributed by atoms with Gasteiger partial charge in [-0.15, -0.1) is 10.2 Å². The van der Waals surface area contributed by atoms with Gasteiger partial charge in [0.1, 0.15) is 5.01 Å². The Morgan fingerprint density at radius 3 is 2.33 bits per heavy atom. The van der Waals surface area contributed by atoms with Crippen molar-refractivity contribution >= 4 is 46.3 Å². The summed E-state index contributed by atoms with van der Waals surface area (Å²) in [6, 6.07) is 31.2. The number of nitrogens with one attached hydrogen (secondary N) is 2. The summed E-state index contributed by atoms with van der Waals surface area (Å²) < 4.78 is 14.0. The number of anilines is 2. The number of aromatic nitrogens is 2. The van der Waals surface area contributed by atoms with Crippen LogP contribution in [0.5, 0.6) is 0 Å². The lowest BCUT2D eigenvalue weighted by Crippen LogP contribution is -2.31. The maximum absolute atomic E-state index is 12.7. The van der Waals surface area contributed by atoms with E-state index in [0.717, 1.165) is 48.5 Å². The molecule has 0 spiro atoms. The Hall–Kier alpha value is -4.59. The molecule has 1 aromatic heterocycles. The van der Waals surface area contributed by atoms with Crippen LogP contribution < -0.4 is 16.4 Å².